The molecule has 2 aromatic rings. The molecule has 0 aliphatic carbocycles. The number of sulfonamides is 1. The van der Waals surface area contributed by atoms with E-state index in [0.717, 1.165) is 0 Å². The average Bonchev–Trinajstić information content (AvgIpc) is 2.85. The van der Waals surface area contributed by atoms with E-state index in [4.69, 9.17) is 28.3 Å². The maximum atomic E-state index is 12.2. The highest BCUT2D eigenvalue weighted by Gasteiger charge is 2.18. The summed E-state index contributed by atoms with van der Waals surface area (Å²) in [5.41, 5.74) is 0.189. The van der Waals surface area contributed by atoms with Crippen molar-refractivity contribution in [3.63, 3.8) is 0 Å². The van der Waals surface area contributed by atoms with Gasteiger partial charge in [-0.1, -0.05) is 29.3 Å². The molecule has 0 bridgehead atoms. The Morgan fingerprint density at radius 1 is 1.35 bits per heavy atom. The lowest BCUT2D eigenvalue weighted by Gasteiger charge is -2.08. The van der Waals surface area contributed by atoms with Crippen molar-refractivity contribution in [2.24, 2.45) is 0 Å². The van der Waals surface area contributed by atoms with E-state index in [1.165, 1.54) is 23.1 Å². The van der Waals surface area contributed by atoms with Gasteiger partial charge in [0, 0.05) is 6.20 Å². The van der Waals surface area contributed by atoms with Crippen molar-refractivity contribution in [2.75, 3.05) is 11.3 Å². The molecule has 0 aliphatic heterocycles. The van der Waals surface area contributed by atoms with Gasteiger partial charge in [-0.05, 0) is 12.1 Å². The van der Waals surface area contributed by atoms with Crippen LogP contribution < -0.4 is 4.72 Å². The maximum absolute atomic E-state index is 12.2. The first kappa shape index (κ1) is 15.1. The summed E-state index contributed by atoms with van der Waals surface area (Å²) in [5.74, 6) is 0. The van der Waals surface area contributed by atoms with Crippen molar-refractivity contribution in [3.05, 3.63) is 40.6 Å². The minimum absolute atomic E-state index is 0.0259. The van der Waals surface area contributed by atoms with Crippen LogP contribution in [0, 0.1) is 0 Å². The average molecular weight is 336 g/mol. The minimum Gasteiger partial charge on any atom is -0.394 e. The van der Waals surface area contributed by atoms with E-state index < -0.39 is 10.0 Å². The number of hydrogen-bond donors (Lipinski definition) is 2. The number of aromatic nitrogens is 2. The predicted molar refractivity (Wildman–Crippen MR) is 76.6 cm³/mol. The van der Waals surface area contributed by atoms with Gasteiger partial charge in [0.15, 0.2) is 0 Å². The van der Waals surface area contributed by atoms with Crippen molar-refractivity contribution in [1.82, 2.24) is 9.78 Å². The predicted octanol–water partition coefficient (Wildman–Crippen LogP) is 1.98. The van der Waals surface area contributed by atoms with Crippen molar-refractivity contribution in [2.45, 2.75) is 11.4 Å². The second-order valence-corrected chi connectivity index (χ2v) is 6.34. The van der Waals surface area contributed by atoms with Gasteiger partial charge in [-0.15, -0.1) is 0 Å². The third-order valence-electron chi connectivity index (χ3n) is 2.44. The highest BCUT2D eigenvalue weighted by atomic mass is 35.5. The molecule has 1 heterocycles. The van der Waals surface area contributed by atoms with Crippen molar-refractivity contribution >= 4 is 38.9 Å². The Morgan fingerprint density at radius 3 is 2.80 bits per heavy atom. The Labute approximate surface area is 126 Å². The number of benzene rings is 1. The topological polar surface area (TPSA) is 84.2 Å². The summed E-state index contributed by atoms with van der Waals surface area (Å²) in [6, 6.07) is 4.64. The SMILES string of the molecule is O=S(=O)(Nc1cccc(Cl)c1Cl)c1cnn(CCO)c1. The van der Waals surface area contributed by atoms with Crippen LogP contribution >= 0.6 is 23.2 Å². The largest absolute Gasteiger partial charge is 0.394 e. The van der Waals surface area contributed by atoms with Crippen LogP contribution in [0.15, 0.2) is 35.5 Å². The summed E-state index contributed by atoms with van der Waals surface area (Å²) in [6.45, 7) is 0.0855. The van der Waals surface area contributed by atoms with Crippen LogP contribution in [-0.4, -0.2) is 29.9 Å². The molecule has 6 nitrogen and oxygen atoms in total. The number of rotatable bonds is 5. The lowest BCUT2D eigenvalue weighted by atomic mass is 10.3. The molecule has 9 heteroatoms. The molecule has 1 aromatic heterocycles. The van der Waals surface area contributed by atoms with Gasteiger partial charge in [-0.25, -0.2) is 8.42 Å². The molecule has 1 aromatic carbocycles. The minimum atomic E-state index is -3.81. The molecular weight excluding hydrogens is 325 g/mol. The third-order valence-corrected chi connectivity index (χ3v) is 4.58. The summed E-state index contributed by atoms with van der Waals surface area (Å²) in [6.07, 6.45) is 2.51. The Balaban J connectivity index is 2.28. The Morgan fingerprint density at radius 2 is 2.10 bits per heavy atom. The summed E-state index contributed by atoms with van der Waals surface area (Å²) >= 11 is 11.8. The second kappa shape index (κ2) is 6.01. The first-order chi connectivity index (χ1) is 9.44. The summed E-state index contributed by atoms with van der Waals surface area (Å²) in [5, 5.41) is 13.0. The monoisotopic (exact) mass is 335 g/mol. The molecule has 0 saturated carbocycles. The van der Waals surface area contributed by atoms with E-state index >= 15 is 0 Å². The fourth-order valence-electron chi connectivity index (χ4n) is 1.49. The highest BCUT2D eigenvalue weighted by Crippen LogP contribution is 2.30. The van der Waals surface area contributed by atoms with E-state index in [0.29, 0.717) is 0 Å². The van der Waals surface area contributed by atoms with Crippen molar-refractivity contribution in [3.8, 4) is 0 Å². The van der Waals surface area contributed by atoms with Crippen molar-refractivity contribution in [1.29, 1.82) is 0 Å². The van der Waals surface area contributed by atoms with Crippen LogP contribution in [0.4, 0.5) is 5.69 Å². The molecule has 0 atom stereocenters. The number of anilines is 1. The summed E-state index contributed by atoms with van der Waals surface area (Å²) in [4.78, 5) is -0.0259. The second-order valence-electron chi connectivity index (χ2n) is 3.87. The Kier molecular flexibility index (Phi) is 4.54. The molecule has 0 spiro atoms. The quantitative estimate of drug-likeness (QED) is 0.874. The molecule has 0 unspecified atom stereocenters. The van der Waals surface area contributed by atoms with E-state index in [9.17, 15) is 8.42 Å². The van der Waals surface area contributed by atoms with E-state index in [1.54, 1.807) is 12.1 Å². The van der Waals surface area contributed by atoms with Crippen LogP contribution in [0.2, 0.25) is 10.0 Å². The number of halogens is 2. The smallest absolute Gasteiger partial charge is 0.265 e. The zero-order chi connectivity index (χ0) is 14.8. The normalized spacial score (nSPS) is 11.6. The van der Waals surface area contributed by atoms with E-state index in [-0.39, 0.29) is 33.8 Å². The van der Waals surface area contributed by atoms with Gasteiger partial charge in [0.2, 0.25) is 0 Å². The van der Waals surface area contributed by atoms with Gasteiger partial charge in [0.1, 0.15) is 4.90 Å². The highest BCUT2D eigenvalue weighted by molar-refractivity contribution is 7.92. The standard InChI is InChI=1S/C11H11Cl2N3O3S/c12-9-2-1-3-10(11(9)13)15-20(18,19)8-6-14-16(7-8)4-5-17/h1-3,6-7,15,17H,4-5H2. The number of hydrogen-bond acceptors (Lipinski definition) is 4. The lowest BCUT2D eigenvalue weighted by Crippen LogP contribution is -2.12. The third kappa shape index (κ3) is 3.24. The Hall–Kier alpha value is -1.28. The molecule has 0 aliphatic rings. The zero-order valence-electron chi connectivity index (χ0n) is 10.1. The van der Waals surface area contributed by atoms with Crippen LogP contribution in [0.3, 0.4) is 0 Å². The van der Waals surface area contributed by atoms with Gasteiger partial charge >= 0.3 is 0 Å². The van der Waals surface area contributed by atoms with Gasteiger partial charge in [0.25, 0.3) is 10.0 Å². The molecule has 2 N–H and O–H groups in total. The van der Waals surface area contributed by atoms with Crippen LogP contribution in [-0.2, 0) is 16.6 Å². The number of aliphatic hydroxyl groups excluding tert-OH is 1. The molecule has 0 saturated heterocycles. The Bertz CT molecular complexity index is 715. The first-order valence-electron chi connectivity index (χ1n) is 5.54. The lowest BCUT2D eigenvalue weighted by molar-refractivity contribution is 0.269. The molecule has 0 amide bonds. The van der Waals surface area contributed by atoms with Gasteiger partial charge in [-0.2, -0.15) is 5.10 Å². The molecule has 20 heavy (non-hydrogen) atoms. The fourth-order valence-corrected chi connectivity index (χ4v) is 2.92. The number of nitrogens with one attached hydrogen (secondary N) is 1. The molecule has 0 radical (unpaired) electrons. The van der Waals surface area contributed by atoms with Crippen LogP contribution in [0.25, 0.3) is 0 Å². The van der Waals surface area contributed by atoms with Gasteiger partial charge in [0.05, 0.1) is 35.1 Å². The maximum Gasteiger partial charge on any atom is 0.265 e. The number of nitrogens with zero attached hydrogens (tertiary/aromatic N) is 2. The molecule has 2 rings (SSSR count). The van der Waals surface area contributed by atoms with Crippen molar-refractivity contribution < 1.29 is 13.5 Å². The van der Waals surface area contributed by atoms with E-state index in [1.807, 2.05) is 0 Å². The van der Waals surface area contributed by atoms with Crippen LogP contribution in [0.5, 0.6) is 0 Å². The first-order valence-corrected chi connectivity index (χ1v) is 7.78. The number of aliphatic hydroxyl groups is 1. The van der Waals surface area contributed by atoms with Crippen LogP contribution in [0.1, 0.15) is 0 Å². The van der Waals surface area contributed by atoms with Gasteiger partial charge in [-0.3, -0.25) is 9.40 Å². The fraction of sp³-hybridized carbons (Fsp3) is 0.182. The van der Waals surface area contributed by atoms with Gasteiger partial charge < -0.3 is 5.11 Å². The summed E-state index contributed by atoms with van der Waals surface area (Å²) < 4.78 is 28.0. The molecule has 0 fully saturated rings. The van der Waals surface area contributed by atoms with E-state index in [2.05, 4.69) is 9.82 Å². The molecule has 108 valence electrons. The zero-order valence-corrected chi connectivity index (χ0v) is 12.5. The summed E-state index contributed by atoms with van der Waals surface area (Å²) in [7, 11) is -3.81. The molecular formula is C11H11Cl2N3O3S.